The molecule has 176 valence electrons. The summed E-state index contributed by atoms with van der Waals surface area (Å²) in [6.45, 7) is 0.146. The number of rotatable bonds is 4. The number of fused-ring (bicyclic) bond motifs is 3. The van der Waals surface area contributed by atoms with E-state index in [1.807, 2.05) is 48.5 Å². The van der Waals surface area contributed by atoms with Gasteiger partial charge in [-0.25, -0.2) is 4.98 Å². The van der Waals surface area contributed by atoms with E-state index in [-0.39, 0.29) is 18.6 Å². The second-order valence-electron chi connectivity index (χ2n) is 8.38. The molecule has 1 N–H and O–H groups in total. The molecule has 8 nitrogen and oxygen atoms in total. The van der Waals surface area contributed by atoms with Crippen molar-refractivity contribution in [3.63, 3.8) is 0 Å². The first-order chi connectivity index (χ1) is 17.0. The monoisotopic (exact) mass is 487 g/mol. The fourth-order valence-corrected chi connectivity index (χ4v) is 5.64. The first-order valence-electron chi connectivity index (χ1n) is 11.0. The van der Waals surface area contributed by atoms with E-state index in [1.165, 1.54) is 11.3 Å². The van der Waals surface area contributed by atoms with Crippen LogP contribution in [-0.2, 0) is 4.79 Å². The van der Waals surface area contributed by atoms with Gasteiger partial charge in [-0.3, -0.25) is 9.59 Å². The lowest BCUT2D eigenvalue weighted by atomic mass is 9.79. The van der Waals surface area contributed by atoms with E-state index < -0.39 is 12.0 Å². The molecular formula is C26H21N3O5S. The summed E-state index contributed by atoms with van der Waals surface area (Å²) in [5, 5.41) is 3.49. The minimum Gasteiger partial charge on any atom is -0.497 e. The zero-order valence-corrected chi connectivity index (χ0v) is 19.8. The van der Waals surface area contributed by atoms with Crippen molar-refractivity contribution >= 4 is 38.5 Å². The Hall–Kier alpha value is -4.11. The van der Waals surface area contributed by atoms with Crippen LogP contribution in [0.25, 0.3) is 10.2 Å². The van der Waals surface area contributed by atoms with E-state index in [4.69, 9.17) is 14.2 Å². The normalized spacial score (nSPS) is 18.5. The standard InChI is InChI=1S/C26H21N3O5S/c1-29-23(14-7-10-19-20(11-14)34-13-33-19)22(16-5-3-4-6-17(16)25(29)31)24(30)28-26-27-18-9-8-15(32-2)12-21(18)35-26/h3-12,22-23H,13H2,1-2H3,(H,27,28,30)/t22-,23+/m1/s1. The molecule has 0 fully saturated rings. The van der Waals surface area contributed by atoms with Crippen LogP contribution in [0, 0.1) is 0 Å². The fourth-order valence-electron chi connectivity index (χ4n) is 4.74. The van der Waals surface area contributed by atoms with Gasteiger partial charge in [0.15, 0.2) is 16.6 Å². The van der Waals surface area contributed by atoms with Crippen molar-refractivity contribution < 1.29 is 23.8 Å². The van der Waals surface area contributed by atoms with E-state index in [0.717, 1.165) is 21.5 Å². The van der Waals surface area contributed by atoms with Crippen molar-refractivity contribution in [3.8, 4) is 17.2 Å². The highest BCUT2D eigenvalue weighted by molar-refractivity contribution is 7.22. The van der Waals surface area contributed by atoms with E-state index in [0.29, 0.717) is 27.8 Å². The lowest BCUT2D eigenvalue weighted by Crippen LogP contribution is -2.44. The molecule has 2 atom stereocenters. The molecule has 0 saturated heterocycles. The predicted molar refractivity (Wildman–Crippen MR) is 131 cm³/mol. The number of thiazole rings is 1. The third-order valence-electron chi connectivity index (χ3n) is 6.43. The minimum absolute atomic E-state index is 0.139. The molecule has 0 radical (unpaired) electrons. The van der Waals surface area contributed by atoms with Gasteiger partial charge in [0.05, 0.1) is 29.3 Å². The number of carbonyl (C=O) groups is 2. The molecule has 9 heteroatoms. The average Bonchev–Trinajstić information content (AvgIpc) is 3.51. The fraction of sp³-hybridized carbons (Fsp3) is 0.192. The molecule has 3 aromatic carbocycles. The number of hydrogen-bond donors (Lipinski definition) is 1. The number of hydrogen-bond acceptors (Lipinski definition) is 7. The molecule has 35 heavy (non-hydrogen) atoms. The van der Waals surface area contributed by atoms with Gasteiger partial charge in [0.2, 0.25) is 12.7 Å². The number of nitrogens with zero attached hydrogens (tertiary/aromatic N) is 2. The van der Waals surface area contributed by atoms with Gasteiger partial charge >= 0.3 is 0 Å². The zero-order valence-electron chi connectivity index (χ0n) is 19.0. The number of carbonyl (C=O) groups excluding carboxylic acids is 2. The van der Waals surface area contributed by atoms with Gasteiger partial charge in [-0.05, 0) is 47.5 Å². The number of benzene rings is 3. The molecule has 3 heterocycles. The Balaban J connectivity index is 1.41. The number of nitrogens with one attached hydrogen (secondary N) is 1. The lowest BCUT2D eigenvalue weighted by Gasteiger charge is -2.39. The quantitative estimate of drug-likeness (QED) is 0.453. The molecule has 0 aliphatic carbocycles. The number of amides is 2. The molecule has 2 aliphatic heterocycles. The van der Waals surface area contributed by atoms with Crippen LogP contribution < -0.4 is 19.5 Å². The van der Waals surface area contributed by atoms with Gasteiger partial charge in [0, 0.05) is 12.6 Å². The maximum Gasteiger partial charge on any atom is 0.254 e. The van der Waals surface area contributed by atoms with Crippen LogP contribution in [0.1, 0.15) is 33.4 Å². The first-order valence-corrected chi connectivity index (χ1v) is 11.9. The van der Waals surface area contributed by atoms with Crippen molar-refractivity contribution in [3.05, 3.63) is 77.4 Å². The largest absolute Gasteiger partial charge is 0.497 e. The average molecular weight is 488 g/mol. The lowest BCUT2D eigenvalue weighted by molar-refractivity contribution is -0.119. The Morgan fingerprint density at radius 3 is 2.80 bits per heavy atom. The Morgan fingerprint density at radius 2 is 1.94 bits per heavy atom. The number of methoxy groups -OCH3 is 1. The van der Waals surface area contributed by atoms with Crippen LogP contribution in [0.4, 0.5) is 5.13 Å². The van der Waals surface area contributed by atoms with Gasteiger partial charge in [-0.15, -0.1) is 0 Å². The summed E-state index contributed by atoms with van der Waals surface area (Å²) in [5.74, 6) is 0.926. The molecule has 6 rings (SSSR count). The molecule has 2 aliphatic rings. The van der Waals surface area contributed by atoms with Gasteiger partial charge in [-0.1, -0.05) is 35.6 Å². The molecule has 0 saturated carbocycles. The number of ether oxygens (including phenoxy) is 3. The van der Waals surface area contributed by atoms with Crippen molar-refractivity contribution in [2.24, 2.45) is 0 Å². The Labute approximate surface area is 205 Å². The topological polar surface area (TPSA) is 90.0 Å². The predicted octanol–water partition coefficient (Wildman–Crippen LogP) is 4.58. The summed E-state index contributed by atoms with van der Waals surface area (Å²) in [7, 11) is 3.33. The van der Waals surface area contributed by atoms with Gasteiger partial charge in [0.1, 0.15) is 5.75 Å². The van der Waals surface area contributed by atoms with E-state index in [1.54, 1.807) is 31.2 Å². The van der Waals surface area contributed by atoms with E-state index in [2.05, 4.69) is 10.3 Å². The molecule has 1 aromatic heterocycles. The maximum absolute atomic E-state index is 13.8. The van der Waals surface area contributed by atoms with Gasteiger partial charge < -0.3 is 24.4 Å². The molecule has 0 bridgehead atoms. The van der Waals surface area contributed by atoms with Crippen LogP contribution in [0.5, 0.6) is 17.2 Å². The number of aromatic nitrogens is 1. The summed E-state index contributed by atoms with van der Waals surface area (Å²) < 4.78 is 17.2. The van der Waals surface area contributed by atoms with Gasteiger partial charge in [-0.2, -0.15) is 0 Å². The van der Waals surface area contributed by atoms with Crippen LogP contribution in [0.2, 0.25) is 0 Å². The van der Waals surface area contributed by atoms with Gasteiger partial charge in [0.25, 0.3) is 5.91 Å². The molecule has 0 spiro atoms. The molecule has 0 unspecified atom stereocenters. The van der Waals surface area contributed by atoms with Crippen molar-refractivity contribution in [2.75, 3.05) is 26.3 Å². The second kappa shape index (κ2) is 8.28. The molecule has 4 aromatic rings. The second-order valence-corrected chi connectivity index (χ2v) is 9.41. The van der Waals surface area contributed by atoms with E-state index in [9.17, 15) is 9.59 Å². The summed E-state index contributed by atoms with van der Waals surface area (Å²) in [5.41, 5.74) is 2.75. The third-order valence-corrected chi connectivity index (χ3v) is 7.36. The van der Waals surface area contributed by atoms with Crippen LogP contribution in [0.3, 0.4) is 0 Å². The summed E-state index contributed by atoms with van der Waals surface area (Å²) in [6, 6.07) is 17.8. The van der Waals surface area contributed by atoms with Crippen LogP contribution in [-0.4, -0.2) is 42.6 Å². The SMILES string of the molecule is COc1ccc2nc(NC(=O)[C@@H]3c4ccccc4C(=O)N(C)[C@H]3c3ccc4c(c3)OCO4)sc2c1. The third kappa shape index (κ3) is 3.55. The highest BCUT2D eigenvalue weighted by Crippen LogP contribution is 2.45. The Morgan fingerprint density at radius 1 is 1.11 bits per heavy atom. The number of anilines is 1. The first kappa shape index (κ1) is 21.4. The zero-order chi connectivity index (χ0) is 24.1. The summed E-state index contributed by atoms with van der Waals surface area (Å²) in [4.78, 5) is 33.3. The maximum atomic E-state index is 13.8. The summed E-state index contributed by atoms with van der Waals surface area (Å²) >= 11 is 1.37. The minimum atomic E-state index is -0.657. The van der Waals surface area contributed by atoms with Crippen LogP contribution >= 0.6 is 11.3 Å². The van der Waals surface area contributed by atoms with Crippen molar-refractivity contribution in [2.45, 2.75) is 12.0 Å². The molecule has 2 amide bonds. The number of likely N-dealkylation sites (N-methyl/N-ethyl adjacent to an activating group) is 1. The molecular weight excluding hydrogens is 466 g/mol. The highest BCUT2D eigenvalue weighted by Gasteiger charge is 2.43. The van der Waals surface area contributed by atoms with E-state index >= 15 is 0 Å². The Kier molecular flexibility index (Phi) is 5.07. The highest BCUT2D eigenvalue weighted by atomic mass is 32.1. The Bertz CT molecular complexity index is 1480. The van der Waals surface area contributed by atoms with Crippen molar-refractivity contribution in [1.82, 2.24) is 9.88 Å². The van der Waals surface area contributed by atoms with Crippen LogP contribution in [0.15, 0.2) is 60.7 Å². The van der Waals surface area contributed by atoms with Crippen molar-refractivity contribution in [1.29, 1.82) is 0 Å². The summed E-state index contributed by atoms with van der Waals surface area (Å²) in [6.07, 6.45) is 0. The smallest absolute Gasteiger partial charge is 0.254 e.